The summed E-state index contributed by atoms with van der Waals surface area (Å²) in [6.07, 6.45) is 3.84. The molecule has 0 aliphatic carbocycles. The van der Waals surface area contributed by atoms with Crippen LogP contribution in [0.15, 0.2) is 133 Å². The monoisotopic (exact) mass is 466 g/mol. The van der Waals surface area contributed by atoms with E-state index in [1.165, 1.54) is 0 Å². The fourth-order valence-electron chi connectivity index (χ4n) is 4.29. The molecule has 5 rings (SSSR count). The van der Waals surface area contributed by atoms with Crippen molar-refractivity contribution >= 4 is 23.3 Å². The first kappa shape index (κ1) is 22.9. The molecule has 2 N–H and O–H groups in total. The molecule has 0 bridgehead atoms. The minimum absolute atomic E-state index is 0.101. The summed E-state index contributed by atoms with van der Waals surface area (Å²) in [4.78, 5) is 0. The van der Waals surface area contributed by atoms with E-state index in [0.29, 0.717) is 11.1 Å². The van der Waals surface area contributed by atoms with Gasteiger partial charge in [-0.1, -0.05) is 121 Å². The maximum Gasteiger partial charge on any atom is 0.123 e. The van der Waals surface area contributed by atoms with Crippen molar-refractivity contribution in [3.63, 3.8) is 0 Å². The predicted molar refractivity (Wildman–Crippen MR) is 149 cm³/mol. The highest BCUT2D eigenvalue weighted by atomic mass is 16.3. The van der Waals surface area contributed by atoms with Crippen LogP contribution in [0.5, 0.6) is 11.5 Å². The highest BCUT2D eigenvalue weighted by Gasteiger charge is 2.12. The molecule has 0 amide bonds. The largest absolute Gasteiger partial charge is 0.507 e. The van der Waals surface area contributed by atoms with Gasteiger partial charge in [-0.15, -0.1) is 0 Å². The fraction of sp³-hybridized carbons (Fsp3) is 0. The second-order valence-electron chi connectivity index (χ2n) is 8.55. The van der Waals surface area contributed by atoms with Crippen LogP contribution < -0.4 is 0 Å². The van der Waals surface area contributed by atoms with E-state index < -0.39 is 0 Å². The van der Waals surface area contributed by atoms with Gasteiger partial charge in [-0.05, 0) is 57.7 Å². The third kappa shape index (κ3) is 5.13. The molecule has 2 nitrogen and oxygen atoms in total. The summed E-state index contributed by atoms with van der Waals surface area (Å²) in [5, 5.41) is 22.1. The fourth-order valence-corrected chi connectivity index (χ4v) is 4.29. The van der Waals surface area contributed by atoms with Crippen LogP contribution in [0.1, 0.15) is 33.4 Å². The van der Waals surface area contributed by atoms with E-state index in [0.717, 1.165) is 33.4 Å². The molecule has 0 saturated carbocycles. The lowest BCUT2D eigenvalue weighted by Crippen LogP contribution is -1.90. The number of hydrogen-bond donors (Lipinski definition) is 2. The van der Waals surface area contributed by atoms with Crippen LogP contribution in [0, 0.1) is 0 Å². The lowest BCUT2D eigenvalue weighted by atomic mass is 9.93. The molecular formula is C34H26O2. The average Bonchev–Trinajstić information content (AvgIpc) is 2.94. The van der Waals surface area contributed by atoms with Crippen molar-refractivity contribution in [1.29, 1.82) is 0 Å². The van der Waals surface area contributed by atoms with Gasteiger partial charge in [0, 0.05) is 11.1 Å². The second kappa shape index (κ2) is 10.6. The van der Waals surface area contributed by atoms with Gasteiger partial charge in [0.2, 0.25) is 0 Å². The number of aromatic hydroxyl groups is 2. The molecule has 0 aromatic heterocycles. The molecule has 0 aliphatic rings. The molecule has 0 radical (unpaired) electrons. The molecule has 0 atom stereocenters. The second-order valence-corrected chi connectivity index (χ2v) is 8.55. The van der Waals surface area contributed by atoms with Gasteiger partial charge in [-0.3, -0.25) is 0 Å². The van der Waals surface area contributed by atoms with Crippen LogP contribution in [-0.2, 0) is 0 Å². The van der Waals surface area contributed by atoms with Crippen molar-refractivity contribution in [2.45, 2.75) is 0 Å². The van der Waals surface area contributed by atoms with E-state index in [2.05, 4.69) is 0 Å². The van der Waals surface area contributed by atoms with Crippen LogP contribution in [-0.4, -0.2) is 10.2 Å². The van der Waals surface area contributed by atoms with Crippen LogP contribution in [0.25, 0.3) is 23.3 Å². The maximum atomic E-state index is 11.0. The lowest BCUT2D eigenvalue weighted by Gasteiger charge is -2.12. The Hall–Kier alpha value is -4.82. The minimum Gasteiger partial charge on any atom is -0.507 e. The number of phenols is 2. The Bertz CT molecular complexity index is 1300. The van der Waals surface area contributed by atoms with Crippen LogP contribution in [0.2, 0.25) is 0 Å². The molecule has 5 aromatic carbocycles. The van der Waals surface area contributed by atoms with E-state index in [-0.39, 0.29) is 11.5 Å². The van der Waals surface area contributed by atoms with Crippen molar-refractivity contribution in [3.05, 3.63) is 167 Å². The van der Waals surface area contributed by atoms with Gasteiger partial charge < -0.3 is 10.2 Å². The van der Waals surface area contributed by atoms with E-state index in [1.54, 1.807) is 12.1 Å². The van der Waals surface area contributed by atoms with Crippen LogP contribution >= 0.6 is 0 Å². The quantitative estimate of drug-likeness (QED) is 0.195. The first-order valence-electron chi connectivity index (χ1n) is 11.9. The highest BCUT2D eigenvalue weighted by molar-refractivity contribution is 5.95. The molecule has 0 spiro atoms. The maximum absolute atomic E-state index is 11.0. The van der Waals surface area contributed by atoms with Crippen molar-refractivity contribution in [3.8, 4) is 11.5 Å². The standard InChI is InChI=1S/C34H26O2/c35-33-24-30(22-32(27-17-9-3-10-18-27)28-19-11-4-12-20-28)34(36)23-29(33)21-31(25-13-5-1-6-14-25)26-15-7-2-8-16-26/h1-24,35-36H. The Balaban J connectivity index is 1.61. The van der Waals surface area contributed by atoms with E-state index in [9.17, 15) is 10.2 Å². The SMILES string of the molecule is Oc1cc(C=C(c2ccccc2)c2ccccc2)c(O)cc1C=C(c1ccccc1)c1ccccc1. The third-order valence-corrected chi connectivity index (χ3v) is 6.11. The molecule has 0 aliphatic heterocycles. The molecular weight excluding hydrogens is 440 g/mol. The summed E-state index contributed by atoms with van der Waals surface area (Å²) < 4.78 is 0. The Morgan fingerprint density at radius 3 is 0.889 bits per heavy atom. The smallest absolute Gasteiger partial charge is 0.123 e. The summed E-state index contributed by atoms with van der Waals surface area (Å²) in [5.41, 5.74) is 7.14. The van der Waals surface area contributed by atoms with Crippen LogP contribution in [0.4, 0.5) is 0 Å². The Morgan fingerprint density at radius 1 is 0.389 bits per heavy atom. The Morgan fingerprint density at radius 2 is 0.639 bits per heavy atom. The first-order valence-corrected chi connectivity index (χ1v) is 11.9. The lowest BCUT2D eigenvalue weighted by molar-refractivity contribution is 0.458. The number of rotatable bonds is 6. The van der Waals surface area contributed by atoms with Crippen molar-refractivity contribution in [2.75, 3.05) is 0 Å². The molecule has 0 saturated heterocycles. The Kier molecular flexibility index (Phi) is 6.77. The number of hydrogen-bond acceptors (Lipinski definition) is 2. The summed E-state index contributed by atoms with van der Waals surface area (Å²) in [6.45, 7) is 0. The Labute approximate surface area is 211 Å². The van der Waals surface area contributed by atoms with Gasteiger partial charge in [-0.25, -0.2) is 0 Å². The van der Waals surface area contributed by atoms with Gasteiger partial charge in [0.15, 0.2) is 0 Å². The highest BCUT2D eigenvalue weighted by Crippen LogP contribution is 2.36. The predicted octanol–water partition coefficient (Wildman–Crippen LogP) is 8.28. The molecule has 174 valence electrons. The van der Waals surface area contributed by atoms with Gasteiger partial charge in [0.05, 0.1) is 0 Å². The van der Waals surface area contributed by atoms with E-state index in [1.807, 2.05) is 133 Å². The van der Waals surface area contributed by atoms with Gasteiger partial charge in [0.25, 0.3) is 0 Å². The molecule has 5 aromatic rings. The van der Waals surface area contributed by atoms with E-state index >= 15 is 0 Å². The number of phenolic OH excluding ortho intramolecular Hbond substituents is 2. The molecule has 0 unspecified atom stereocenters. The zero-order valence-corrected chi connectivity index (χ0v) is 19.8. The van der Waals surface area contributed by atoms with Crippen molar-refractivity contribution < 1.29 is 10.2 Å². The topological polar surface area (TPSA) is 40.5 Å². The zero-order valence-electron chi connectivity index (χ0n) is 19.8. The van der Waals surface area contributed by atoms with Gasteiger partial charge >= 0.3 is 0 Å². The summed E-state index contributed by atoms with van der Waals surface area (Å²) in [7, 11) is 0. The molecule has 36 heavy (non-hydrogen) atoms. The molecule has 0 heterocycles. The summed E-state index contributed by atoms with van der Waals surface area (Å²) in [5.74, 6) is 0.202. The van der Waals surface area contributed by atoms with Crippen molar-refractivity contribution in [1.82, 2.24) is 0 Å². The van der Waals surface area contributed by atoms with Gasteiger partial charge in [0.1, 0.15) is 11.5 Å². The number of benzene rings is 5. The zero-order chi connectivity index (χ0) is 24.7. The third-order valence-electron chi connectivity index (χ3n) is 6.11. The summed E-state index contributed by atoms with van der Waals surface area (Å²) >= 11 is 0. The summed E-state index contributed by atoms with van der Waals surface area (Å²) in [6, 6.07) is 43.4. The normalized spacial score (nSPS) is 10.4. The average molecular weight is 467 g/mol. The minimum atomic E-state index is 0.101. The first-order chi connectivity index (χ1) is 17.7. The molecule has 0 fully saturated rings. The van der Waals surface area contributed by atoms with Crippen LogP contribution in [0.3, 0.4) is 0 Å². The van der Waals surface area contributed by atoms with Crippen molar-refractivity contribution in [2.24, 2.45) is 0 Å². The van der Waals surface area contributed by atoms with Gasteiger partial charge in [-0.2, -0.15) is 0 Å². The van der Waals surface area contributed by atoms with E-state index in [4.69, 9.17) is 0 Å². The molecule has 2 heteroatoms.